The molecule has 0 amide bonds. The molecule has 1 aromatic heterocycles. The fraction of sp³-hybridized carbons (Fsp3) is 0.643. The van der Waals surface area contributed by atoms with E-state index < -0.39 is 0 Å². The van der Waals surface area contributed by atoms with Crippen LogP contribution in [0, 0.1) is 11.8 Å². The SMILES string of the molecule is CC(C)C(c1ccccn1)C1CCCC1. The van der Waals surface area contributed by atoms with E-state index in [1.165, 1.54) is 31.4 Å². The molecule has 0 aromatic carbocycles. The van der Waals surface area contributed by atoms with Crippen molar-refractivity contribution in [3.63, 3.8) is 0 Å². The van der Waals surface area contributed by atoms with Crippen LogP contribution in [0.25, 0.3) is 0 Å². The third-order valence-electron chi connectivity index (χ3n) is 3.66. The lowest BCUT2D eigenvalue weighted by atomic mass is 9.80. The highest BCUT2D eigenvalue weighted by Gasteiger charge is 2.29. The van der Waals surface area contributed by atoms with Crippen LogP contribution in [-0.2, 0) is 0 Å². The molecule has 1 heteroatoms. The number of nitrogens with zero attached hydrogens (tertiary/aromatic N) is 1. The lowest BCUT2D eigenvalue weighted by Gasteiger charge is -2.26. The molecule has 1 heterocycles. The predicted octanol–water partition coefficient (Wildman–Crippen LogP) is 4.01. The second-order valence-electron chi connectivity index (χ2n) is 5.07. The van der Waals surface area contributed by atoms with Gasteiger partial charge in [-0.05, 0) is 36.8 Å². The van der Waals surface area contributed by atoms with Gasteiger partial charge in [0.25, 0.3) is 0 Å². The van der Waals surface area contributed by atoms with E-state index in [2.05, 4.69) is 31.0 Å². The quantitative estimate of drug-likeness (QED) is 0.723. The molecule has 0 bridgehead atoms. The third kappa shape index (κ3) is 2.39. The van der Waals surface area contributed by atoms with Gasteiger partial charge in [-0.15, -0.1) is 0 Å². The Balaban J connectivity index is 2.19. The molecule has 15 heavy (non-hydrogen) atoms. The van der Waals surface area contributed by atoms with Crippen LogP contribution < -0.4 is 0 Å². The minimum atomic E-state index is 0.675. The maximum Gasteiger partial charge on any atom is 0.0439 e. The summed E-state index contributed by atoms with van der Waals surface area (Å²) < 4.78 is 0. The van der Waals surface area contributed by atoms with Crippen LogP contribution in [0.4, 0.5) is 0 Å². The average molecular weight is 203 g/mol. The average Bonchev–Trinajstić information content (AvgIpc) is 2.72. The molecule has 1 saturated carbocycles. The van der Waals surface area contributed by atoms with Crippen molar-refractivity contribution in [1.29, 1.82) is 0 Å². The first-order chi connectivity index (χ1) is 7.29. The predicted molar refractivity (Wildman–Crippen MR) is 63.8 cm³/mol. The Kier molecular flexibility index (Phi) is 3.40. The smallest absolute Gasteiger partial charge is 0.0439 e. The Labute approximate surface area is 92.9 Å². The minimum absolute atomic E-state index is 0.675. The number of hydrogen-bond acceptors (Lipinski definition) is 1. The molecule has 0 saturated heterocycles. The van der Waals surface area contributed by atoms with Crippen molar-refractivity contribution >= 4 is 0 Å². The maximum absolute atomic E-state index is 4.54. The minimum Gasteiger partial charge on any atom is -0.261 e. The summed E-state index contributed by atoms with van der Waals surface area (Å²) in [7, 11) is 0. The van der Waals surface area contributed by atoms with Crippen molar-refractivity contribution in [1.82, 2.24) is 4.98 Å². The Morgan fingerprint density at radius 3 is 2.47 bits per heavy atom. The molecule has 0 aliphatic heterocycles. The molecule has 1 aliphatic carbocycles. The van der Waals surface area contributed by atoms with E-state index >= 15 is 0 Å². The van der Waals surface area contributed by atoms with Crippen molar-refractivity contribution in [3.05, 3.63) is 30.1 Å². The van der Waals surface area contributed by atoms with E-state index in [9.17, 15) is 0 Å². The number of aromatic nitrogens is 1. The molecule has 1 nitrogen and oxygen atoms in total. The summed E-state index contributed by atoms with van der Waals surface area (Å²) in [5.74, 6) is 2.26. The van der Waals surface area contributed by atoms with Gasteiger partial charge in [-0.1, -0.05) is 32.8 Å². The van der Waals surface area contributed by atoms with Crippen LogP contribution in [0.15, 0.2) is 24.4 Å². The number of hydrogen-bond donors (Lipinski definition) is 0. The fourth-order valence-electron chi connectivity index (χ4n) is 3.02. The van der Waals surface area contributed by atoms with Crippen LogP contribution in [0.5, 0.6) is 0 Å². The van der Waals surface area contributed by atoms with E-state index in [0.29, 0.717) is 11.8 Å². The molecule has 1 atom stereocenters. The molecular weight excluding hydrogens is 182 g/mol. The highest BCUT2D eigenvalue weighted by molar-refractivity contribution is 5.12. The Bertz CT molecular complexity index is 285. The molecule has 0 radical (unpaired) electrons. The maximum atomic E-state index is 4.54. The van der Waals surface area contributed by atoms with Crippen molar-refractivity contribution < 1.29 is 0 Å². The lowest BCUT2D eigenvalue weighted by molar-refractivity contribution is 0.341. The van der Waals surface area contributed by atoms with E-state index in [0.717, 1.165) is 5.92 Å². The molecule has 1 aromatic rings. The lowest BCUT2D eigenvalue weighted by Crippen LogP contribution is -2.17. The molecule has 0 N–H and O–H groups in total. The largest absolute Gasteiger partial charge is 0.261 e. The van der Waals surface area contributed by atoms with E-state index in [1.54, 1.807) is 0 Å². The van der Waals surface area contributed by atoms with E-state index in [-0.39, 0.29) is 0 Å². The van der Waals surface area contributed by atoms with Gasteiger partial charge in [0.15, 0.2) is 0 Å². The number of rotatable bonds is 3. The van der Waals surface area contributed by atoms with Gasteiger partial charge in [-0.3, -0.25) is 4.98 Å². The molecular formula is C14H21N. The molecule has 2 rings (SSSR count). The third-order valence-corrected chi connectivity index (χ3v) is 3.66. The van der Waals surface area contributed by atoms with Crippen LogP contribution in [-0.4, -0.2) is 4.98 Å². The summed E-state index contributed by atoms with van der Waals surface area (Å²) in [6, 6.07) is 6.32. The van der Waals surface area contributed by atoms with E-state index in [1.807, 2.05) is 12.3 Å². The Hall–Kier alpha value is -0.850. The first-order valence-electron chi connectivity index (χ1n) is 6.20. The summed E-state index contributed by atoms with van der Waals surface area (Å²) in [6.07, 6.45) is 7.57. The van der Waals surface area contributed by atoms with Gasteiger partial charge in [0.2, 0.25) is 0 Å². The van der Waals surface area contributed by atoms with Crippen LogP contribution in [0.2, 0.25) is 0 Å². The zero-order chi connectivity index (χ0) is 10.7. The van der Waals surface area contributed by atoms with Crippen LogP contribution in [0.3, 0.4) is 0 Å². The van der Waals surface area contributed by atoms with Crippen LogP contribution >= 0.6 is 0 Å². The van der Waals surface area contributed by atoms with Crippen molar-refractivity contribution in [2.75, 3.05) is 0 Å². The van der Waals surface area contributed by atoms with Crippen molar-refractivity contribution in [2.24, 2.45) is 11.8 Å². The van der Waals surface area contributed by atoms with E-state index in [4.69, 9.17) is 0 Å². The second-order valence-corrected chi connectivity index (χ2v) is 5.07. The Morgan fingerprint density at radius 2 is 1.93 bits per heavy atom. The topological polar surface area (TPSA) is 12.9 Å². The molecule has 82 valence electrons. The molecule has 1 fully saturated rings. The molecule has 1 aliphatic rings. The zero-order valence-corrected chi connectivity index (χ0v) is 9.82. The van der Waals surface area contributed by atoms with Gasteiger partial charge >= 0.3 is 0 Å². The van der Waals surface area contributed by atoms with Crippen LogP contribution in [0.1, 0.15) is 51.1 Å². The van der Waals surface area contributed by atoms with Gasteiger partial charge in [0.05, 0.1) is 0 Å². The number of pyridine rings is 1. The monoisotopic (exact) mass is 203 g/mol. The fourth-order valence-corrected chi connectivity index (χ4v) is 3.02. The highest BCUT2D eigenvalue weighted by atomic mass is 14.7. The highest BCUT2D eigenvalue weighted by Crippen LogP contribution is 2.40. The van der Waals surface area contributed by atoms with Gasteiger partial charge in [0.1, 0.15) is 0 Å². The van der Waals surface area contributed by atoms with Gasteiger partial charge in [-0.2, -0.15) is 0 Å². The van der Waals surface area contributed by atoms with Gasteiger partial charge < -0.3 is 0 Å². The normalized spacial score (nSPS) is 19.7. The molecule has 0 spiro atoms. The summed E-state index contributed by atoms with van der Waals surface area (Å²) in [5, 5.41) is 0. The Morgan fingerprint density at radius 1 is 1.20 bits per heavy atom. The van der Waals surface area contributed by atoms with Crippen molar-refractivity contribution in [3.8, 4) is 0 Å². The summed E-state index contributed by atoms with van der Waals surface area (Å²) in [4.78, 5) is 4.54. The summed E-state index contributed by atoms with van der Waals surface area (Å²) >= 11 is 0. The summed E-state index contributed by atoms with van der Waals surface area (Å²) in [6.45, 7) is 4.66. The first kappa shape index (κ1) is 10.7. The second kappa shape index (κ2) is 4.78. The van der Waals surface area contributed by atoms with Crippen molar-refractivity contribution in [2.45, 2.75) is 45.4 Å². The zero-order valence-electron chi connectivity index (χ0n) is 9.82. The van der Waals surface area contributed by atoms with Gasteiger partial charge in [-0.25, -0.2) is 0 Å². The standard InChI is InChI=1S/C14H21N/c1-11(2)14(12-7-3-4-8-12)13-9-5-6-10-15-13/h5-6,9-12,14H,3-4,7-8H2,1-2H3. The molecule has 1 unspecified atom stereocenters. The first-order valence-corrected chi connectivity index (χ1v) is 6.20. The summed E-state index contributed by atoms with van der Waals surface area (Å²) in [5.41, 5.74) is 1.31. The van der Waals surface area contributed by atoms with Gasteiger partial charge in [0, 0.05) is 17.8 Å².